The zero-order valence-electron chi connectivity index (χ0n) is 10.1. The van der Waals surface area contributed by atoms with Crippen molar-refractivity contribution in [3.8, 4) is 5.75 Å². The van der Waals surface area contributed by atoms with Crippen molar-refractivity contribution in [2.24, 2.45) is 0 Å². The lowest BCUT2D eigenvalue weighted by atomic mass is 10.2. The molecule has 0 fully saturated rings. The van der Waals surface area contributed by atoms with Crippen LogP contribution in [0, 0.1) is 0 Å². The molecule has 2 aromatic rings. The smallest absolute Gasteiger partial charge is 0.387 e. The Labute approximate surface area is 112 Å². The molecule has 20 heavy (non-hydrogen) atoms. The maximum Gasteiger partial charge on any atom is 0.387 e. The van der Waals surface area contributed by atoms with E-state index >= 15 is 0 Å². The van der Waals surface area contributed by atoms with Crippen LogP contribution in [0.3, 0.4) is 0 Å². The zero-order chi connectivity index (χ0) is 14.5. The maximum atomic E-state index is 12.3. The molecule has 0 radical (unpaired) electrons. The summed E-state index contributed by atoms with van der Waals surface area (Å²) in [5.41, 5.74) is 0.344. The van der Waals surface area contributed by atoms with Crippen LogP contribution in [0.2, 0.25) is 0 Å². The first-order valence-corrected chi connectivity index (χ1v) is 5.56. The number of aromatic nitrogens is 1. The third-order valence-corrected chi connectivity index (χ3v) is 2.38. The second-order valence-electron chi connectivity index (χ2n) is 3.74. The number of aromatic carboxylic acids is 1. The third-order valence-electron chi connectivity index (χ3n) is 2.38. The number of benzene rings is 1. The van der Waals surface area contributed by atoms with Crippen molar-refractivity contribution in [1.82, 2.24) is 4.98 Å². The molecule has 0 aliphatic rings. The summed E-state index contributed by atoms with van der Waals surface area (Å²) in [7, 11) is 0. The molecule has 2 rings (SSSR count). The summed E-state index contributed by atoms with van der Waals surface area (Å²) >= 11 is 0. The summed E-state index contributed by atoms with van der Waals surface area (Å²) < 4.78 is 28.9. The summed E-state index contributed by atoms with van der Waals surface area (Å²) in [5, 5.41) is 11.5. The van der Waals surface area contributed by atoms with Gasteiger partial charge >= 0.3 is 12.6 Å². The molecule has 0 aliphatic heterocycles. The molecule has 1 aromatic carbocycles. The van der Waals surface area contributed by atoms with Gasteiger partial charge in [0.2, 0.25) is 0 Å². The number of para-hydroxylation sites is 2. The number of nitrogens with zero attached hydrogens (tertiary/aromatic N) is 1. The number of halogens is 2. The molecule has 0 bridgehead atoms. The summed E-state index contributed by atoms with van der Waals surface area (Å²) in [4.78, 5) is 14.6. The van der Waals surface area contributed by atoms with Gasteiger partial charge in [0.05, 0.1) is 11.3 Å². The third kappa shape index (κ3) is 3.41. The van der Waals surface area contributed by atoms with E-state index in [-0.39, 0.29) is 11.3 Å². The van der Waals surface area contributed by atoms with Crippen molar-refractivity contribution in [2.45, 2.75) is 6.61 Å². The van der Waals surface area contributed by atoms with Gasteiger partial charge in [0.15, 0.2) is 0 Å². The van der Waals surface area contributed by atoms with Gasteiger partial charge < -0.3 is 15.2 Å². The molecule has 0 unspecified atom stereocenters. The van der Waals surface area contributed by atoms with E-state index in [1.165, 1.54) is 24.4 Å². The van der Waals surface area contributed by atoms with Gasteiger partial charge in [0, 0.05) is 6.20 Å². The highest BCUT2D eigenvalue weighted by Crippen LogP contribution is 2.27. The lowest BCUT2D eigenvalue weighted by Gasteiger charge is -2.11. The second-order valence-corrected chi connectivity index (χ2v) is 3.74. The minimum Gasteiger partial charge on any atom is -0.478 e. The van der Waals surface area contributed by atoms with Gasteiger partial charge in [-0.1, -0.05) is 12.1 Å². The van der Waals surface area contributed by atoms with Crippen LogP contribution in [0.5, 0.6) is 5.75 Å². The van der Waals surface area contributed by atoms with Gasteiger partial charge in [-0.25, -0.2) is 9.78 Å². The van der Waals surface area contributed by atoms with E-state index in [4.69, 9.17) is 5.11 Å². The number of anilines is 2. The van der Waals surface area contributed by atoms with Crippen molar-refractivity contribution in [1.29, 1.82) is 0 Å². The summed E-state index contributed by atoms with van der Waals surface area (Å²) in [6.45, 7) is -2.93. The van der Waals surface area contributed by atoms with Crippen LogP contribution in [0.25, 0.3) is 0 Å². The predicted octanol–water partition coefficient (Wildman–Crippen LogP) is 3.12. The first kappa shape index (κ1) is 13.7. The molecular formula is C13H10F2N2O3. The van der Waals surface area contributed by atoms with Crippen molar-refractivity contribution < 1.29 is 23.4 Å². The Balaban J connectivity index is 2.19. The van der Waals surface area contributed by atoms with Crippen LogP contribution in [0.4, 0.5) is 20.3 Å². The molecule has 7 heteroatoms. The molecule has 5 nitrogen and oxygen atoms in total. The Morgan fingerprint density at radius 3 is 2.60 bits per heavy atom. The monoisotopic (exact) mass is 280 g/mol. The summed E-state index contributed by atoms with van der Waals surface area (Å²) in [5.74, 6) is -0.794. The molecular weight excluding hydrogens is 270 g/mol. The summed E-state index contributed by atoms with van der Waals surface area (Å²) in [6, 6.07) is 8.93. The van der Waals surface area contributed by atoms with Gasteiger partial charge in [-0.3, -0.25) is 0 Å². The maximum absolute atomic E-state index is 12.3. The van der Waals surface area contributed by atoms with Gasteiger partial charge in [-0.2, -0.15) is 8.78 Å². The minimum atomic E-state index is -2.93. The van der Waals surface area contributed by atoms with Crippen molar-refractivity contribution >= 4 is 17.5 Å². The lowest BCUT2D eigenvalue weighted by Crippen LogP contribution is -2.05. The first-order valence-electron chi connectivity index (χ1n) is 5.56. The van der Waals surface area contributed by atoms with E-state index in [0.29, 0.717) is 11.5 Å². The summed E-state index contributed by atoms with van der Waals surface area (Å²) in [6.07, 6.45) is 1.17. The minimum absolute atomic E-state index is 0.0217. The van der Waals surface area contributed by atoms with E-state index in [1.807, 2.05) is 0 Å². The van der Waals surface area contributed by atoms with E-state index in [2.05, 4.69) is 15.0 Å². The van der Waals surface area contributed by atoms with Crippen LogP contribution < -0.4 is 10.1 Å². The number of rotatable bonds is 5. The average Bonchev–Trinajstić information content (AvgIpc) is 2.41. The van der Waals surface area contributed by atoms with Crippen molar-refractivity contribution in [3.63, 3.8) is 0 Å². The fraction of sp³-hybridized carbons (Fsp3) is 0.0769. The first-order chi connectivity index (χ1) is 9.56. The molecule has 0 spiro atoms. The number of pyridine rings is 1. The van der Waals surface area contributed by atoms with Crippen LogP contribution in [-0.2, 0) is 0 Å². The molecule has 2 N–H and O–H groups in total. The average molecular weight is 280 g/mol. The Morgan fingerprint density at radius 2 is 2.00 bits per heavy atom. The number of alkyl halides is 2. The molecule has 0 saturated heterocycles. The molecule has 1 aromatic heterocycles. The zero-order valence-corrected chi connectivity index (χ0v) is 10.1. The molecule has 0 amide bonds. The van der Waals surface area contributed by atoms with E-state index < -0.39 is 12.6 Å². The van der Waals surface area contributed by atoms with Crippen LogP contribution >= 0.6 is 0 Å². The van der Waals surface area contributed by atoms with Crippen LogP contribution in [0.1, 0.15) is 10.4 Å². The Morgan fingerprint density at radius 1 is 1.25 bits per heavy atom. The standard InChI is InChI=1S/C13H10F2N2O3/c14-13(15)20-10-4-2-1-3-9(10)17-11-6-5-8(7-16-11)12(18)19/h1-7,13H,(H,16,17)(H,18,19). The molecule has 1 heterocycles. The number of carboxylic acids is 1. The van der Waals surface area contributed by atoms with Crippen molar-refractivity contribution in [3.05, 3.63) is 48.2 Å². The normalized spacial score (nSPS) is 10.3. The van der Waals surface area contributed by atoms with Crippen LogP contribution in [0.15, 0.2) is 42.6 Å². The highest BCUT2D eigenvalue weighted by Gasteiger charge is 2.10. The topological polar surface area (TPSA) is 71.5 Å². The number of nitrogens with one attached hydrogen (secondary N) is 1. The number of carboxylic acid groups (broad SMARTS) is 1. The molecule has 0 aliphatic carbocycles. The molecule has 0 saturated carbocycles. The number of carbonyl (C=O) groups is 1. The van der Waals surface area contributed by atoms with E-state index in [1.54, 1.807) is 18.2 Å². The van der Waals surface area contributed by atoms with Gasteiger partial charge in [-0.15, -0.1) is 0 Å². The Kier molecular flexibility index (Phi) is 4.09. The van der Waals surface area contributed by atoms with E-state index in [0.717, 1.165) is 0 Å². The predicted molar refractivity (Wildman–Crippen MR) is 67.6 cm³/mol. The van der Waals surface area contributed by atoms with Gasteiger partial charge in [-0.05, 0) is 24.3 Å². The highest BCUT2D eigenvalue weighted by molar-refractivity contribution is 5.87. The molecule has 0 atom stereocenters. The van der Waals surface area contributed by atoms with Gasteiger partial charge in [0.1, 0.15) is 11.6 Å². The highest BCUT2D eigenvalue weighted by atomic mass is 19.3. The van der Waals surface area contributed by atoms with Gasteiger partial charge in [0.25, 0.3) is 0 Å². The van der Waals surface area contributed by atoms with E-state index in [9.17, 15) is 13.6 Å². The largest absolute Gasteiger partial charge is 0.478 e. The quantitative estimate of drug-likeness (QED) is 0.880. The Hall–Kier alpha value is -2.70. The molecule has 104 valence electrons. The fourth-order valence-corrected chi connectivity index (χ4v) is 1.50. The number of ether oxygens (including phenoxy) is 1. The SMILES string of the molecule is O=C(O)c1ccc(Nc2ccccc2OC(F)F)nc1. The number of hydrogen-bond acceptors (Lipinski definition) is 4. The number of hydrogen-bond donors (Lipinski definition) is 2. The van der Waals surface area contributed by atoms with Crippen molar-refractivity contribution in [2.75, 3.05) is 5.32 Å². The van der Waals surface area contributed by atoms with Crippen LogP contribution in [-0.4, -0.2) is 22.7 Å². The fourth-order valence-electron chi connectivity index (χ4n) is 1.50. The second kappa shape index (κ2) is 5.96. The lowest BCUT2D eigenvalue weighted by molar-refractivity contribution is -0.0493. The Bertz CT molecular complexity index is 603.